The van der Waals surface area contributed by atoms with Gasteiger partial charge in [-0.25, -0.2) is 9.97 Å². The zero-order chi connectivity index (χ0) is 17.8. The summed E-state index contributed by atoms with van der Waals surface area (Å²) in [6.45, 7) is 7.79. The van der Waals surface area contributed by atoms with E-state index >= 15 is 0 Å². The first-order chi connectivity index (χ1) is 12.0. The number of aromatic nitrogens is 4. The molecular weight excluding hydrogens is 316 g/mol. The summed E-state index contributed by atoms with van der Waals surface area (Å²) in [6, 6.07) is 3.90. The van der Waals surface area contributed by atoms with Gasteiger partial charge in [-0.2, -0.15) is 5.10 Å². The lowest BCUT2D eigenvalue weighted by Gasteiger charge is -2.39. The van der Waals surface area contributed by atoms with E-state index in [4.69, 9.17) is 0 Å². The van der Waals surface area contributed by atoms with Crippen molar-refractivity contribution in [1.29, 1.82) is 0 Å². The van der Waals surface area contributed by atoms with Crippen LogP contribution in [0.3, 0.4) is 0 Å². The Balaban J connectivity index is 1.69. The molecule has 0 aromatic carbocycles. The summed E-state index contributed by atoms with van der Waals surface area (Å²) in [4.78, 5) is 23.1. The summed E-state index contributed by atoms with van der Waals surface area (Å²) in [5.41, 5.74) is 2.20. The van der Waals surface area contributed by atoms with Crippen LogP contribution in [-0.4, -0.2) is 49.2 Å². The molecule has 1 fully saturated rings. The van der Waals surface area contributed by atoms with Crippen LogP contribution >= 0.6 is 0 Å². The number of aryl methyl sites for hydroxylation is 2. The molecule has 7 nitrogen and oxygen atoms in total. The summed E-state index contributed by atoms with van der Waals surface area (Å²) in [5, 5.41) is 7.39. The van der Waals surface area contributed by atoms with Crippen molar-refractivity contribution in [3.8, 4) is 0 Å². The molecular formula is C18H26N6O. The summed E-state index contributed by atoms with van der Waals surface area (Å²) >= 11 is 0. The molecule has 3 rings (SSSR count). The number of nitrogens with zero attached hydrogens (tertiary/aromatic N) is 5. The monoisotopic (exact) mass is 342 g/mol. The summed E-state index contributed by atoms with van der Waals surface area (Å²) in [5.74, 6) is 0.290. The van der Waals surface area contributed by atoms with Crippen molar-refractivity contribution in [1.82, 2.24) is 24.6 Å². The molecule has 2 atom stereocenters. The van der Waals surface area contributed by atoms with E-state index < -0.39 is 0 Å². The molecule has 1 amide bonds. The maximum atomic E-state index is 12.6. The molecule has 2 aromatic heterocycles. The van der Waals surface area contributed by atoms with Crippen molar-refractivity contribution in [2.75, 3.05) is 11.9 Å². The van der Waals surface area contributed by atoms with Crippen LogP contribution in [0.4, 0.5) is 5.95 Å². The lowest BCUT2D eigenvalue weighted by atomic mass is 9.99. The van der Waals surface area contributed by atoms with Gasteiger partial charge in [-0.3, -0.25) is 19.7 Å². The van der Waals surface area contributed by atoms with E-state index in [9.17, 15) is 4.79 Å². The third-order valence-electron chi connectivity index (χ3n) is 4.84. The molecule has 7 heteroatoms. The number of nitrogens with one attached hydrogen (secondary N) is 1. The smallest absolute Gasteiger partial charge is 0.243 e. The molecule has 1 aliphatic heterocycles. The third kappa shape index (κ3) is 4.22. The van der Waals surface area contributed by atoms with E-state index in [2.05, 4.69) is 43.0 Å². The maximum Gasteiger partial charge on any atom is 0.243 e. The normalized spacial score (nSPS) is 19.6. The van der Waals surface area contributed by atoms with Gasteiger partial charge in [-0.15, -0.1) is 0 Å². The van der Waals surface area contributed by atoms with Crippen LogP contribution in [0.25, 0.3) is 0 Å². The van der Waals surface area contributed by atoms with E-state index in [0.717, 1.165) is 37.3 Å². The first-order valence-corrected chi connectivity index (χ1v) is 8.89. The third-order valence-corrected chi connectivity index (χ3v) is 4.84. The summed E-state index contributed by atoms with van der Waals surface area (Å²) < 4.78 is 2.06. The molecule has 1 N–H and O–H groups in total. The second-order valence-corrected chi connectivity index (χ2v) is 6.73. The van der Waals surface area contributed by atoms with Gasteiger partial charge in [0.2, 0.25) is 11.9 Å². The predicted molar refractivity (Wildman–Crippen MR) is 96.2 cm³/mol. The number of carbonyl (C=O) groups is 1. The maximum absolute atomic E-state index is 12.6. The van der Waals surface area contributed by atoms with Gasteiger partial charge in [-0.05, 0) is 52.3 Å². The van der Waals surface area contributed by atoms with E-state index in [1.54, 1.807) is 18.5 Å². The highest BCUT2D eigenvalue weighted by Gasteiger charge is 2.31. The molecule has 3 heterocycles. The SMILES string of the molecule is Cc1cc(C)n(C[C@H]2CCCCN2[C@H](C)C(=O)Nc2ncccn2)n1. The zero-order valence-electron chi connectivity index (χ0n) is 15.1. The van der Waals surface area contributed by atoms with Gasteiger partial charge in [0, 0.05) is 24.1 Å². The Morgan fingerprint density at radius 1 is 1.32 bits per heavy atom. The average molecular weight is 342 g/mol. The van der Waals surface area contributed by atoms with Crippen LogP contribution in [0.1, 0.15) is 37.6 Å². The van der Waals surface area contributed by atoms with Crippen LogP contribution in [0.2, 0.25) is 0 Å². The quantitative estimate of drug-likeness (QED) is 0.901. The van der Waals surface area contributed by atoms with E-state index in [1.807, 2.05) is 13.8 Å². The van der Waals surface area contributed by atoms with Gasteiger partial charge in [0.25, 0.3) is 0 Å². The highest BCUT2D eigenvalue weighted by molar-refractivity contribution is 5.93. The summed E-state index contributed by atoms with van der Waals surface area (Å²) in [7, 11) is 0. The second-order valence-electron chi connectivity index (χ2n) is 6.73. The number of amides is 1. The number of likely N-dealkylation sites (tertiary alicyclic amines) is 1. The van der Waals surface area contributed by atoms with Crippen LogP contribution in [-0.2, 0) is 11.3 Å². The first kappa shape index (κ1) is 17.5. The standard InChI is InChI=1S/C18H26N6O/c1-13-11-14(2)24(22-13)12-16-7-4-5-10-23(16)15(3)17(25)21-18-19-8-6-9-20-18/h6,8-9,11,15-16H,4-5,7,10,12H2,1-3H3,(H,19,20,21,25)/t15-,16-/m1/s1. The molecule has 134 valence electrons. The Morgan fingerprint density at radius 2 is 2.08 bits per heavy atom. The topological polar surface area (TPSA) is 75.9 Å². The van der Waals surface area contributed by atoms with Gasteiger partial charge in [0.05, 0.1) is 18.3 Å². The Bertz CT molecular complexity index is 714. The van der Waals surface area contributed by atoms with Crippen molar-refractivity contribution in [2.24, 2.45) is 0 Å². The molecule has 0 aliphatic carbocycles. The molecule has 2 aromatic rings. The molecule has 0 unspecified atom stereocenters. The van der Waals surface area contributed by atoms with Crippen LogP contribution in [0.15, 0.2) is 24.5 Å². The van der Waals surface area contributed by atoms with Crippen molar-refractivity contribution >= 4 is 11.9 Å². The fraction of sp³-hybridized carbons (Fsp3) is 0.556. The number of hydrogen-bond donors (Lipinski definition) is 1. The Kier molecular flexibility index (Phi) is 5.43. The van der Waals surface area contributed by atoms with Gasteiger partial charge in [-0.1, -0.05) is 6.42 Å². The van der Waals surface area contributed by atoms with Crippen LogP contribution < -0.4 is 5.32 Å². The highest BCUT2D eigenvalue weighted by Crippen LogP contribution is 2.22. The van der Waals surface area contributed by atoms with Crippen molar-refractivity contribution < 1.29 is 4.79 Å². The number of carbonyl (C=O) groups excluding carboxylic acids is 1. The number of anilines is 1. The molecule has 25 heavy (non-hydrogen) atoms. The lowest BCUT2D eigenvalue weighted by molar-refractivity contribution is -0.122. The summed E-state index contributed by atoms with van der Waals surface area (Å²) in [6.07, 6.45) is 6.64. The zero-order valence-corrected chi connectivity index (χ0v) is 15.1. The van der Waals surface area contributed by atoms with Crippen molar-refractivity contribution in [3.63, 3.8) is 0 Å². The first-order valence-electron chi connectivity index (χ1n) is 8.89. The molecule has 0 spiro atoms. The van der Waals surface area contributed by atoms with Gasteiger partial charge < -0.3 is 0 Å². The van der Waals surface area contributed by atoms with Crippen LogP contribution in [0.5, 0.6) is 0 Å². The van der Waals surface area contributed by atoms with Crippen molar-refractivity contribution in [2.45, 2.75) is 58.7 Å². The fourth-order valence-corrected chi connectivity index (χ4v) is 3.52. The number of piperidine rings is 1. The van der Waals surface area contributed by atoms with Gasteiger partial charge in [0.15, 0.2) is 0 Å². The van der Waals surface area contributed by atoms with Crippen molar-refractivity contribution in [3.05, 3.63) is 35.9 Å². The molecule has 0 radical (unpaired) electrons. The van der Waals surface area contributed by atoms with E-state index in [-0.39, 0.29) is 11.9 Å². The molecule has 1 saturated heterocycles. The second kappa shape index (κ2) is 7.74. The Labute approximate surface area is 148 Å². The molecule has 1 aliphatic rings. The van der Waals surface area contributed by atoms with E-state index in [1.165, 1.54) is 6.42 Å². The highest BCUT2D eigenvalue weighted by atomic mass is 16.2. The minimum Gasteiger partial charge on any atom is -0.293 e. The predicted octanol–water partition coefficient (Wildman–Crippen LogP) is 2.17. The lowest BCUT2D eigenvalue weighted by Crippen LogP contribution is -2.51. The minimum atomic E-state index is -0.230. The Morgan fingerprint density at radius 3 is 2.76 bits per heavy atom. The average Bonchev–Trinajstić information content (AvgIpc) is 2.93. The molecule has 0 saturated carbocycles. The fourth-order valence-electron chi connectivity index (χ4n) is 3.52. The van der Waals surface area contributed by atoms with Gasteiger partial charge in [0.1, 0.15) is 0 Å². The van der Waals surface area contributed by atoms with Gasteiger partial charge >= 0.3 is 0 Å². The molecule has 0 bridgehead atoms. The number of rotatable bonds is 5. The van der Waals surface area contributed by atoms with E-state index in [0.29, 0.717) is 12.0 Å². The largest absolute Gasteiger partial charge is 0.293 e. The van der Waals surface area contributed by atoms with Crippen LogP contribution in [0, 0.1) is 13.8 Å². The minimum absolute atomic E-state index is 0.0635. The Hall–Kier alpha value is -2.28. The number of hydrogen-bond acceptors (Lipinski definition) is 5.